The minimum Gasteiger partial charge on any atom is -0.377 e. The molecule has 1 heterocycles. The SMILES string of the molecule is CCC(N)Cc1cccc(Cl)c1N1CCCOC(C)C1. The van der Waals surface area contributed by atoms with Crippen LogP contribution < -0.4 is 10.6 Å². The third kappa shape index (κ3) is 3.87. The molecule has 1 aromatic carbocycles. The molecule has 0 aromatic heterocycles. The Bertz CT molecular complexity index is 438. The number of anilines is 1. The van der Waals surface area contributed by atoms with Gasteiger partial charge in [0, 0.05) is 25.7 Å². The van der Waals surface area contributed by atoms with Crippen molar-refractivity contribution in [3.63, 3.8) is 0 Å². The predicted octanol–water partition coefficient (Wildman–Crippen LogP) is 3.24. The lowest BCUT2D eigenvalue weighted by Gasteiger charge is -2.28. The first-order valence-corrected chi connectivity index (χ1v) is 7.89. The van der Waals surface area contributed by atoms with Gasteiger partial charge in [-0.1, -0.05) is 30.7 Å². The first-order valence-electron chi connectivity index (χ1n) is 7.51. The van der Waals surface area contributed by atoms with Crippen molar-refractivity contribution in [2.75, 3.05) is 24.6 Å². The molecule has 20 heavy (non-hydrogen) atoms. The number of nitrogens with two attached hydrogens (primary N) is 1. The van der Waals surface area contributed by atoms with E-state index in [-0.39, 0.29) is 12.1 Å². The molecule has 0 aliphatic carbocycles. The fourth-order valence-electron chi connectivity index (χ4n) is 2.70. The molecule has 0 bridgehead atoms. The molecule has 0 radical (unpaired) electrons. The summed E-state index contributed by atoms with van der Waals surface area (Å²) in [5.74, 6) is 0. The van der Waals surface area contributed by atoms with Crippen LogP contribution in [0.25, 0.3) is 0 Å². The fourth-order valence-corrected chi connectivity index (χ4v) is 3.02. The number of ether oxygens (including phenoxy) is 1. The second-order valence-electron chi connectivity index (χ2n) is 5.60. The standard InChI is InChI=1S/C16H25ClN2O/c1-3-14(18)10-13-6-4-7-15(17)16(13)19-8-5-9-20-12(2)11-19/h4,6-7,12,14H,3,5,8-11,18H2,1-2H3. The average molecular weight is 297 g/mol. The summed E-state index contributed by atoms with van der Waals surface area (Å²) in [5, 5.41) is 0.819. The smallest absolute Gasteiger partial charge is 0.0721 e. The van der Waals surface area contributed by atoms with Crippen molar-refractivity contribution in [1.82, 2.24) is 0 Å². The summed E-state index contributed by atoms with van der Waals surface area (Å²) in [4.78, 5) is 2.36. The Hall–Kier alpha value is -0.770. The topological polar surface area (TPSA) is 38.5 Å². The van der Waals surface area contributed by atoms with E-state index in [0.717, 1.165) is 49.7 Å². The minimum atomic E-state index is 0.188. The molecule has 0 amide bonds. The summed E-state index contributed by atoms with van der Waals surface area (Å²) >= 11 is 6.47. The van der Waals surface area contributed by atoms with Gasteiger partial charge < -0.3 is 15.4 Å². The number of hydrogen-bond acceptors (Lipinski definition) is 3. The van der Waals surface area contributed by atoms with Crippen molar-refractivity contribution < 1.29 is 4.74 Å². The van der Waals surface area contributed by atoms with Crippen LogP contribution in [0.1, 0.15) is 32.3 Å². The Balaban J connectivity index is 2.28. The highest BCUT2D eigenvalue weighted by molar-refractivity contribution is 6.33. The van der Waals surface area contributed by atoms with E-state index in [0.29, 0.717) is 0 Å². The number of para-hydroxylation sites is 1. The molecule has 2 rings (SSSR count). The Morgan fingerprint density at radius 1 is 1.50 bits per heavy atom. The number of rotatable bonds is 4. The molecule has 2 unspecified atom stereocenters. The summed E-state index contributed by atoms with van der Waals surface area (Å²) in [6.07, 6.45) is 3.12. The van der Waals surface area contributed by atoms with Gasteiger partial charge in [0.15, 0.2) is 0 Å². The van der Waals surface area contributed by atoms with Crippen LogP contribution in [0.15, 0.2) is 18.2 Å². The lowest BCUT2D eigenvalue weighted by atomic mass is 10.0. The van der Waals surface area contributed by atoms with E-state index in [2.05, 4.69) is 24.8 Å². The largest absolute Gasteiger partial charge is 0.377 e. The Morgan fingerprint density at radius 2 is 2.30 bits per heavy atom. The van der Waals surface area contributed by atoms with Crippen LogP contribution >= 0.6 is 11.6 Å². The molecular formula is C16H25ClN2O. The third-order valence-corrected chi connectivity index (χ3v) is 4.15. The molecule has 1 aromatic rings. The molecule has 0 spiro atoms. The quantitative estimate of drug-likeness (QED) is 0.927. The van der Waals surface area contributed by atoms with E-state index in [1.54, 1.807) is 0 Å². The highest BCUT2D eigenvalue weighted by Gasteiger charge is 2.20. The molecule has 3 nitrogen and oxygen atoms in total. The van der Waals surface area contributed by atoms with E-state index in [9.17, 15) is 0 Å². The first kappa shape index (κ1) is 15.6. The molecule has 2 N–H and O–H groups in total. The maximum atomic E-state index is 6.47. The Kier molecular flexibility index (Phi) is 5.70. The summed E-state index contributed by atoms with van der Waals surface area (Å²) in [5.41, 5.74) is 8.52. The maximum absolute atomic E-state index is 6.47. The zero-order valence-electron chi connectivity index (χ0n) is 12.4. The number of hydrogen-bond donors (Lipinski definition) is 1. The molecule has 1 aliphatic heterocycles. The van der Waals surface area contributed by atoms with Crippen molar-refractivity contribution in [1.29, 1.82) is 0 Å². The van der Waals surface area contributed by atoms with Gasteiger partial charge in [0.25, 0.3) is 0 Å². The van der Waals surface area contributed by atoms with Gasteiger partial charge in [-0.3, -0.25) is 0 Å². The van der Waals surface area contributed by atoms with Crippen LogP contribution in [0.5, 0.6) is 0 Å². The lowest BCUT2D eigenvalue weighted by Crippen LogP contribution is -2.32. The normalized spacial score (nSPS) is 21.6. The van der Waals surface area contributed by atoms with Gasteiger partial charge in [-0.15, -0.1) is 0 Å². The van der Waals surface area contributed by atoms with E-state index < -0.39 is 0 Å². The fraction of sp³-hybridized carbons (Fsp3) is 0.625. The van der Waals surface area contributed by atoms with Gasteiger partial charge in [-0.25, -0.2) is 0 Å². The molecule has 1 aliphatic rings. The Morgan fingerprint density at radius 3 is 3.05 bits per heavy atom. The molecule has 0 saturated carbocycles. The van der Waals surface area contributed by atoms with Gasteiger partial charge in [0.1, 0.15) is 0 Å². The first-order chi connectivity index (χ1) is 9.61. The van der Waals surface area contributed by atoms with E-state index in [1.807, 2.05) is 12.1 Å². The van der Waals surface area contributed by atoms with Gasteiger partial charge in [0.05, 0.1) is 16.8 Å². The van der Waals surface area contributed by atoms with Crippen LogP contribution in [0.3, 0.4) is 0 Å². The molecule has 1 fully saturated rings. The highest BCUT2D eigenvalue weighted by Crippen LogP contribution is 2.32. The molecule has 1 saturated heterocycles. The van der Waals surface area contributed by atoms with Crippen molar-refractivity contribution >= 4 is 17.3 Å². The van der Waals surface area contributed by atoms with Gasteiger partial charge in [-0.05, 0) is 37.8 Å². The second kappa shape index (κ2) is 7.30. The van der Waals surface area contributed by atoms with Crippen LogP contribution in [0.4, 0.5) is 5.69 Å². The molecule has 4 heteroatoms. The summed E-state index contributed by atoms with van der Waals surface area (Å²) in [6.45, 7) is 6.94. The van der Waals surface area contributed by atoms with Crippen LogP contribution in [0.2, 0.25) is 5.02 Å². The maximum Gasteiger partial charge on any atom is 0.0721 e. The van der Waals surface area contributed by atoms with Crippen molar-refractivity contribution in [3.8, 4) is 0 Å². The average Bonchev–Trinajstić information content (AvgIpc) is 2.63. The number of nitrogens with zero attached hydrogens (tertiary/aromatic N) is 1. The molecular weight excluding hydrogens is 272 g/mol. The summed E-state index contributed by atoms with van der Waals surface area (Å²) in [6, 6.07) is 6.32. The van der Waals surface area contributed by atoms with Crippen LogP contribution in [0, 0.1) is 0 Å². The van der Waals surface area contributed by atoms with E-state index >= 15 is 0 Å². The van der Waals surface area contributed by atoms with E-state index in [1.165, 1.54) is 5.56 Å². The molecule has 2 atom stereocenters. The third-order valence-electron chi connectivity index (χ3n) is 3.85. The number of halogens is 1. The summed E-state index contributed by atoms with van der Waals surface area (Å²) < 4.78 is 5.73. The number of benzene rings is 1. The molecule has 112 valence electrons. The van der Waals surface area contributed by atoms with E-state index in [4.69, 9.17) is 22.1 Å². The van der Waals surface area contributed by atoms with Crippen LogP contribution in [-0.2, 0) is 11.2 Å². The zero-order valence-corrected chi connectivity index (χ0v) is 13.2. The second-order valence-corrected chi connectivity index (χ2v) is 6.01. The summed E-state index contributed by atoms with van der Waals surface area (Å²) in [7, 11) is 0. The predicted molar refractivity (Wildman–Crippen MR) is 85.7 cm³/mol. The van der Waals surface area contributed by atoms with Crippen LogP contribution in [-0.4, -0.2) is 31.8 Å². The van der Waals surface area contributed by atoms with Gasteiger partial charge >= 0.3 is 0 Å². The zero-order chi connectivity index (χ0) is 14.5. The van der Waals surface area contributed by atoms with Gasteiger partial charge in [0.2, 0.25) is 0 Å². The van der Waals surface area contributed by atoms with Crippen molar-refractivity contribution in [2.24, 2.45) is 5.73 Å². The lowest BCUT2D eigenvalue weighted by molar-refractivity contribution is 0.0821. The van der Waals surface area contributed by atoms with Crippen molar-refractivity contribution in [3.05, 3.63) is 28.8 Å². The minimum absolute atomic E-state index is 0.188. The van der Waals surface area contributed by atoms with Crippen molar-refractivity contribution in [2.45, 2.75) is 45.3 Å². The monoisotopic (exact) mass is 296 g/mol. The van der Waals surface area contributed by atoms with Gasteiger partial charge in [-0.2, -0.15) is 0 Å². The highest BCUT2D eigenvalue weighted by atomic mass is 35.5. The Labute approximate surface area is 127 Å².